The van der Waals surface area contributed by atoms with Gasteiger partial charge < -0.3 is 10.5 Å². The fraction of sp³-hybridized carbons (Fsp3) is 0.267. The number of aromatic nitrogens is 1. The summed E-state index contributed by atoms with van der Waals surface area (Å²) in [4.78, 5) is 0. The van der Waals surface area contributed by atoms with Crippen molar-refractivity contribution in [3.63, 3.8) is 0 Å². The van der Waals surface area contributed by atoms with Crippen LogP contribution in [0.25, 0.3) is 0 Å². The fourth-order valence-corrected chi connectivity index (χ4v) is 2.08. The normalized spacial score (nSPS) is 11.9. The van der Waals surface area contributed by atoms with E-state index in [9.17, 15) is 5.26 Å². The van der Waals surface area contributed by atoms with Gasteiger partial charge in [0, 0.05) is 17.1 Å². The number of hydrogen-bond donors (Lipinski definition) is 1. The fourth-order valence-electron chi connectivity index (χ4n) is 1.96. The molecule has 20 heavy (non-hydrogen) atoms. The second-order valence-electron chi connectivity index (χ2n) is 4.59. The molecule has 104 valence electrons. The molecule has 0 aliphatic rings. The Morgan fingerprint density at radius 3 is 2.60 bits per heavy atom. The van der Waals surface area contributed by atoms with Crippen LogP contribution >= 0.6 is 11.6 Å². The minimum absolute atomic E-state index is 0.129. The average Bonchev–Trinajstić information content (AvgIpc) is 2.77. The number of halogens is 1. The summed E-state index contributed by atoms with van der Waals surface area (Å²) in [5.41, 5.74) is 6.92. The highest BCUT2D eigenvalue weighted by Crippen LogP contribution is 2.35. The number of nitrogens with two attached hydrogens (primary N) is 1. The Morgan fingerprint density at radius 2 is 2.05 bits per heavy atom. The van der Waals surface area contributed by atoms with E-state index >= 15 is 0 Å². The highest BCUT2D eigenvalue weighted by atomic mass is 35.5. The van der Waals surface area contributed by atoms with Crippen molar-refractivity contribution < 1.29 is 4.74 Å². The molecule has 2 N–H and O–H groups in total. The molecule has 2 rings (SSSR count). The van der Waals surface area contributed by atoms with Crippen molar-refractivity contribution in [2.45, 2.75) is 26.3 Å². The quantitative estimate of drug-likeness (QED) is 0.909. The van der Waals surface area contributed by atoms with Crippen molar-refractivity contribution in [3.8, 4) is 17.7 Å². The molecular weight excluding hydrogens is 274 g/mol. The molecule has 0 bridgehead atoms. The van der Waals surface area contributed by atoms with Gasteiger partial charge >= 0.3 is 0 Å². The second-order valence-corrected chi connectivity index (χ2v) is 5.02. The summed E-state index contributed by atoms with van der Waals surface area (Å²) in [6, 6.07) is 10.9. The number of hydrogen-bond acceptors (Lipinski definition) is 3. The third-order valence-corrected chi connectivity index (χ3v) is 3.44. The van der Waals surface area contributed by atoms with Crippen LogP contribution in [0.3, 0.4) is 0 Å². The molecule has 0 unspecified atom stereocenters. The van der Waals surface area contributed by atoms with Crippen molar-refractivity contribution in [2.24, 2.45) is 0 Å². The lowest BCUT2D eigenvalue weighted by Crippen LogP contribution is -2.08. The van der Waals surface area contributed by atoms with Crippen molar-refractivity contribution in [1.82, 2.24) is 4.57 Å². The second kappa shape index (κ2) is 5.89. The van der Waals surface area contributed by atoms with Crippen LogP contribution in [0, 0.1) is 11.3 Å². The van der Waals surface area contributed by atoms with Crippen LogP contribution in [0.1, 0.15) is 32.0 Å². The van der Waals surface area contributed by atoms with Gasteiger partial charge in [0.2, 0.25) is 5.88 Å². The molecule has 1 atom stereocenters. The molecule has 1 aromatic carbocycles. The van der Waals surface area contributed by atoms with Gasteiger partial charge in [0.25, 0.3) is 0 Å². The van der Waals surface area contributed by atoms with Crippen LogP contribution in [0.4, 0.5) is 5.69 Å². The lowest BCUT2D eigenvalue weighted by Gasteiger charge is -2.17. The first kappa shape index (κ1) is 14.3. The molecule has 1 aromatic heterocycles. The Labute approximate surface area is 123 Å². The van der Waals surface area contributed by atoms with Gasteiger partial charge in [-0.1, -0.05) is 18.5 Å². The van der Waals surface area contributed by atoms with Crippen LogP contribution in [0.15, 0.2) is 30.3 Å². The summed E-state index contributed by atoms with van der Waals surface area (Å²) in [5.74, 6) is 1.13. The Hall–Kier alpha value is -2.12. The minimum Gasteiger partial charge on any atom is -0.439 e. The lowest BCUT2D eigenvalue weighted by atomic mass is 10.2. The molecule has 0 spiro atoms. The van der Waals surface area contributed by atoms with Gasteiger partial charge in [-0.3, -0.25) is 4.57 Å². The van der Waals surface area contributed by atoms with Gasteiger partial charge in [-0.25, -0.2) is 0 Å². The molecule has 0 saturated carbocycles. The van der Waals surface area contributed by atoms with Crippen molar-refractivity contribution in [3.05, 3.63) is 41.0 Å². The first-order valence-electron chi connectivity index (χ1n) is 6.41. The van der Waals surface area contributed by atoms with E-state index in [1.165, 1.54) is 0 Å². The number of rotatable bonds is 4. The summed E-state index contributed by atoms with van der Waals surface area (Å²) >= 11 is 5.85. The number of nitrogens with zero attached hydrogens (tertiary/aromatic N) is 2. The number of nitrogen functional groups attached to an aromatic ring is 1. The van der Waals surface area contributed by atoms with Crippen molar-refractivity contribution in [1.29, 1.82) is 5.26 Å². The van der Waals surface area contributed by atoms with Crippen LogP contribution in [0.5, 0.6) is 11.6 Å². The van der Waals surface area contributed by atoms with Gasteiger partial charge in [-0.15, -0.1) is 0 Å². The lowest BCUT2D eigenvalue weighted by molar-refractivity contribution is 0.398. The Kier molecular flexibility index (Phi) is 4.21. The predicted octanol–water partition coefficient (Wildman–Crippen LogP) is 4.36. The van der Waals surface area contributed by atoms with Gasteiger partial charge in [0.05, 0.1) is 5.69 Å². The summed E-state index contributed by atoms with van der Waals surface area (Å²) < 4.78 is 7.65. The van der Waals surface area contributed by atoms with E-state index in [1.807, 2.05) is 18.4 Å². The van der Waals surface area contributed by atoms with Crippen LogP contribution in [0.2, 0.25) is 5.02 Å². The van der Waals surface area contributed by atoms with Gasteiger partial charge in [-0.05, 0) is 37.6 Å². The predicted molar refractivity (Wildman–Crippen MR) is 80.1 cm³/mol. The van der Waals surface area contributed by atoms with Crippen LogP contribution < -0.4 is 10.5 Å². The van der Waals surface area contributed by atoms with Crippen LogP contribution in [-0.4, -0.2) is 4.57 Å². The van der Waals surface area contributed by atoms with Gasteiger partial charge in [0.15, 0.2) is 0 Å². The Balaban J connectivity index is 2.43. The van der Waals surface area contributed by atoms with E-state index in [-0.39, 0.29) is 6.04 Å². The molecule has 0 saturated heterocycles. The van der Waals surface area contributed by atoms with E-state index in [0.717, 1.165) is 6.42 Å². The van der Waals surface area contributed by atoms with Crippen molar-refractivity contribution in [2.75, 3.05) is 5.73 Å². The third-order valence-electron chi connectivity index (χ3n) is 3.19. The number of anilines is 1. The maximum absolute atomic E-state index is 9.20. The summed E-state index contributed by atoms with van der Waals surface area (Å²) in [5, 5.41) is 9.84. The van der Waals surface area contributed by atoms with E-state index < -0.39 is 0 Å². The van der Waals surface area contributed by atoms with E-state index in [2.05, 4.69) is 6.07 Å². The zero-order chi connectivity index (χ0) is 14.7. The molecule has 4 nitrogen and oxygen atoms in total. The SMILES string of the molecule is CC[C@H](C)n1c(C#N)cc(N)c1Oc1ccc(Cl)cc1. The molecule has 0 aliphatic heterocycles. The smallest absolute Gasteiger partial charge is 0.224 e. The minimum atomic E-state index is 0.129. The first-order chi connectivity index (χ1) is 9.56. The monoisotopic (exact) mass is 289 g/mol. The highest BCUT2D eigenvalue weighted by molar-refractivity contribution is 6.30. The highest BCUT2D eigenvalue weighted by Gasteiger charge is 2.18. The van der Waals surface area contributed by atoms with Crippen LogP contribution in [-0.2, 0) is 0 Å². The standard InChI is InChI=1S/C15H16ClN3O/c1-3-10(2)19-12(9-17)8-14(18)15(19)20-13-6-4-11(16)5-7-13/h4-8,10H,3,18H2,1-2H3/t10-/m0/s1. The Bertz CT molecular complexity index is 640. The summed E-state index contributed by atoms with van der Waals surface area (Å²) in [7, 11) is 0. The van der Waals surface area contributed by atoms with Crippen molar-refractivity contribution >= 4 is 17.3 Å². The average molecular weight is 290 g/mol. The molecule has 0 amide bonds. The largest absolute Gasteiger partial charge is 0.439 e. The van der Waals surface area contributed by atoms with E-state index in [0.29, 0.717) is 28.0 Å². The number of benzene rings is 1. The van der Waals surface area contributed by atoms with Gasteiger partial charge in [0.1, 0.15) is 17.5 Å². The van der Waals surface area contributed by atoms with Gasteiger partial charge in [-0.2, -0.15) is 5.26 Å². The first-order valence-corrected chi connectivity index (χ1v) is 6.78. The number of nitriles is 1. The van der Waals surface area contributed by atoms with E-state index in [1.54, 1.807) is 30.3 Å². The third kappa shape index (κ3) is 2.73. The summed E-state index contributed by atoms with van der Waals surface area (Å²) in [6.07, 6.45) is 0.875. The molecule has 1 heterocycles. The van der Waals surface area contributed by atoms with E-state index in [4.69, 9.17) is 22.1 Å². The maximum atomic E-state index is 9.20. The molecule has 5 heteroatoms. The molecule has 2 aromatic rings. The molecule has 0 fully saturated rings. The Morgan fingerprint density at radius 1 is 1.40 bits per heavy atom. The molecule has 0 aliphatic carbocycles. The maximum Gasteiger partial charge on any atom is 0.224 e. The molecule has 0 radical (unpaired) electrons. The topological polar surface area (TPSA) is 64.0 Å². The molecular formula is C15H16ClN3O. The zero-order valence-corrected chi connectivity index (χ0v) is 12.2. The zero-order valence-electron chi connectivity index (χ0n) is 11.4. The summed E-state index contributed by atoms with van der Waals surface area (Å²) in [6.45, 7) is 4.07. The number of ether oxygens (including phenoxy) is 1.